The van der Waals surface area contributed by atoms with Crippen LogP contribution in [0, 0.1) is 0 Å². The third kappa shape index (κ3) is 2.82. The van der Waals surface area contributed by atoms with E-state index in [9.17, 15) is 4.79 Å². The van der Waals surface area contributed by atoms with Gasteiger partial charge in [0.05, 0.1) is 12.4 Å². The van der Waals surface area contributed by atoms with Gasteiger partial charge in [0, 0.05) is 5.56 Å². The summed E-state index contributed by atoms with van der Waals surface area (Å²) in [6, 6.07) is 22.0. The zero-order valence-corrected chi connectivity index (χ0v) is 15.5. The maximum absolute atomic E-state index is 12.6. The van der Waals surface area contributed by atoms with Gasteiger partial charge in [-0.3, -0.25) is 4.79 Å². The largest absolute Gasteiger partial charge is 1.00 e. The molecule has 0 fully saturated rings. The molecule has 4 heteroatoms. The van der Waals surface area contributed by atoms with Crippen LogP contribution in [0.5, 0.6) is 0 Å². The fourth-order valence-electron chi connectivity index (χ4n) is 3.16. The van der Waals surface area contributed by atoms with Crippen molar-refractivity contribution in [3.63, 3.8) is 0 Å². The van der Waals surface area contributed by atoms with Gasteiger partial charge in [-0.2, -0.15) is 0 Å². The van der Waals surface area contributed by atoms with Crippen LogP contribution in [0.1, 0.15) is 10.4 Å². The van der Waals surface area contributed by atoms with Gasteiger partial charge < -0.3 is 24.0 Å². The van der Waals surface area contributed by atoms with Gasteiger partial charge in [0.15, 0.2) is 6.54 Å². The fraction of sp³-hybridized carbons (Fsp3) is 0.100. The highest BCUT2D eigenvalue weighted by Gasteiger charge is 2.26. The Balaban J connectivity index is 0.00000169. The van der Waals surface area contributed by atoms with E-state index in [1.54, 1.807) is 0 Å². The lowest BCUT2D eigenvalue weighted by molar-refractivity contribution is -0.399. The van der Waals surface area contributed by atoms with Crippen LogP contribution >= 0.6 is 0 Å². The predicted octanol–water partition coefficient (Wildman–Crippen LogP) is 0.849. The molecule has 0 aliphatic carbocycles. The number of halogens is 1. The quantitative estimate of drug-likeness (QED) is 0.351. The lowest BCUT2D eigenvalue weighted by Crippen LogP contribution is -3.00. The van der Waals surface area contributed by atoms with Crippen molar-refractivity contribution in [1.29, 1.82) is 0 Å². The molecule has 0 radical (unpaired) electrons. The zero-order chi connectivity index (χ0) is 15.8. The minimum Gasteiger partial charge on any atom is -1.00 e. The van der Waals surface area contributed by atoms with Gasteiger partial charge in [-0.1, -0.05) is 54.6 Å². The van der Waals surface area contributed by atoms with E-state index in [1.165, 1.54) is 16.5 Å². The number of nitrogens with zero attached hydrogens (tertiary/aromatic N) is 2. The molecule has 3 aromatic rings. The minimum atomic E-state index is 0. The van der Waals surface area contributed by atoms with Gasteiger partial charge in [0.25, 0.3) is 0 Å². The third-order valence-corrected chi connectivity index (χ3v) is 4.27. The van der Waals surface area contributed by atoms with Crippen molar-refractivity contribution >= 4 is 34.3 Å². The Morgan fingerprint density at radius 3 is 2.42 bits per heavy atom. The van der Waals surface area contributed by atoms with Crippen LogP contribution < -0.4 is 28.9 Å². The first kappa shape index (κ1) is 16.6. The minimum absolute atomic E-state index is 0. The molecule has 0 spiro atoms. The van der Waals surface area contributed by atoms with Crippen LogP contribution in [0.2, 0.25) is 0 Å². The van der Waals surface area contributed by atoms with Gasteiger partial charge in [0.1, 0.15) is 11.4 Å². The van der Waals surface area contributed by atoms with Crippen molar-refractivity contribution in [2.75, 3.05) is 18.5 Å². The molecular formula is C20H17IN2O. The maximum atomic E-state index is 12.6. The van der Waals surface area contributed by atoms with Gasteiger partial charge in [-0.25, -0.2) is 9.48 Å². The third-order valence-electron chi connectivity index (χ3n) is 4.27. The first-order valence-electron chi connectivity index (χ1n) is 7.68. The fourth-order valence-corrected chi connectivity index (χ4v) is 3.16. The van der Waals surface area contributed by atoms with E-state index in [0.717, 1.165) is 11.3 Å². The Kier molecular flexibility index (Phi) is 4.66. The molecule has 120 valence electrons. The van der Waals surface area contributed by atoms with E-state index in [2.05, 4.69) is 34.9 Å². The molecule has 0 saturated heterocycles. The highest BCUT2D eigenvalue weighted by atomic mass is 127. The predicted molar refractivity (Wildman–Crippen MR) is 94.0 cm³/mol. The van der Waals surface area contributed by atoms with Crippen LogP contribution in [0.3, 0.4) is 0 Å². The molecule has 0 amide bonds. The number of carbonyl (C=O) groups is 1. The average Bonchev–Trinajstić information content (AvgIpc) is 2.60. The number of benzene rings is 3. The lowest BCUT2D eigenvalue weighted by atomic mass is 10.0. The van der Waals surface area contributed by atoms with Crippen molar-refractivity contribution in [3.05, 3.63) is 72.3 Å². The summed E-state index contributed by atoms with van der Waals surface area (Å²) in [7, 11) is 2.02. The Bertz CT molecular complexity index is 930. The molecule has 1 heterocycles. The van der Waals surface area contributed by atoms with Crippen LogP contribution in [0.15, 0.2) is 66.7 Å². The summed E-state index contributed by atoms with van der Waals surface area (Å²) in [6.07, 6.45) is 2.00. The SMILES string of the molecule is C[N+]1=CN(CC(=O)c2ccccc2)c2cccc3cccc1c23.[I-]. The second kappa shape index (κ2) is 6.73. The number of hydrogen-bond acceptors (Lipinski definition) is 2. The Labute approximate surface area is 158 Å². The Morgan fingerprint density at radius 1 is 0.958 bits per heavy atom. The zero-order valence-electron chi connectivity index (χ0n) is 13.3. The molecule has 3 aromatic carbocycles. The number of carbonyl (C=O) groups excluding carboxylic acids is 1. The Hall–Kier alpha value is -2.21. The van der Waals surface area contributed by atoms with E-state index in [-0.39, 0.29) is 29.8 Å². The average molecular weight is 428 g/mol. The molecule has 0 aromatic heterocycles. The summed E-state index contributed by atoms with van der Waals surface area (Å²) in [5.41, 5.74) is 3.00. The monoisotopic (exact) mass is 428 g/mol. The second-order valence-corrected chi connectivity index (χ2v) is 5.80. The maximum Gasteiger partial charge on any atom is 0.244 e. The topological polar surface area (TPSA) is 23.3 Å². The molecule has 0 N–H and O–H groups in total. The normalized spacial score (nSPS) is 12.5. The molecule has 4 rings (SSSR count). The molecular weight excluding hydrogens is 411 g/mol. The van der Waals surface area contributed by atoms with Crippen molar-refractivity contribution in [1.82, 2.24) is 0 Å². The number of anilines is 1. The van der Waals surface area contributed by atoms with Crippen LogP contribution in [0.25, 0.3) is 10.8 Å². The standard InChI is InChI=1S/C20H17N2O.HI/c1-21-14-22(13-19(23)15-7-3-2-4-8-15)18-12-6-10-16-9-5-11-17(21)20(16)18;/h2-12,14H,13H2,1H3;1H/q+1;/p-1. The van der Waals surface area contributed by atoms with E-state index in [0.29, 0.717) is 6.54 Å². The van der Waals surface area contributed by atoms with Gasteiger partial charge in [0.2, 0.25) is 12.1 Å². The van der Waals surface area contributed by atoms with E-state index >= 15 is 0 Å². The summed E-state index contributed by atoms with van der Waals surface area (Å²) in [5, 5.41) is 2.39. The molecule has 3 nitrogen and oxygen atoms in total. The van der Waals surface area contributed by atoms with Crippen molar-refractivity contribution < 1.29 is 33.3 Å². The van der Waals surface area contributed by atoms with Crippen molar-refractivity contribution in [3.8, 4) is 0 Å². The summed E-state index contributed by atoms with van der Waals surface area (Å²) in [6.45, 7) is 0.335. The van der Waals surface area contributed by atoms with Crippen molar-refractivity contribution in [2.24, 2.45) is 0 Å². The number of hydrogen-bond donors (Lipinski definition) is 0. The number of Topliss-reactive ketones (excluding diaryl/α,β-unsaturated/α-hetero) is 1. The highest BCUT2D eigenvalue weighted by molar-refractivity contribution is 6.09. The van der Waals surface area contributed by atoms with Crippen LogP contribution in [0.4, 0.5) is 11.4 Å². The molecule has 24 heavy (non-hydrogen) atoms. The van der Waals surface area contributed by atoms with E-state index in [1.807, 2.05) is 54.7 Å². The molecule has 0 bridgehead atoms. The number of rotatable bonds is 3. The summed E-state index contributed by atoms with van der Waals surface area (Å²) in [4.78, 5) is 14.6. The van der Waals surface area contributed by atoms with E-state index < -0.39 is 0 Å². The Morgan fingerprint density at radius 2 is 1.67 bits per heavy atom. The molecule has 1 aliphatic rings. The molecule has 1 aliphatic heterocycles. The van der Waals surface area contributed by atoms with Gasteiger partial charge in [-0.05, 0) is 17.5 Å². The highest BCUT2D eigenvalue weighted by Crippen LogP contribution is 2.36. The van der Waals surface area contributed by atoms with Crippen LogP contribution in [-0.2, 0) is 0 Å². The van der Waals surface area contributed by atoms with Crippen LogP contribution in [-0.4, -0.2) is 30.3 Å². The molecule has 0 unspecified atom stereocenters. The summed E-state index contributed by atoms with van der Waals surface area (Å²) >= 11 is 0. The second-order valence-electron chi connectivity index (χ2n) is 5.80. The van der Waals surface area contributed by atoms with Gasteiger partial charge >= 0.3 is 0 Å². The van der Waals surface area contributed by atoms with Crippen molar-refractivity contribution in [2.45, 2.75) is 0 Å². The lowest BCUT2D eigenvalue weighted by Gasteiger charge is -2.21. The summed E-state index contributed by atoms with van der Waals surface area (Å²) in [5.74, 6) is 0.117. The molecule has 0 atom stereocenters. The van der Waals surface area contributed by atoms with Gasteiger partial charge in [-0.15, -0.1) is 0 Å². The summed E-state index contributed by atoms with van der Waals surface area (Å²) < 4.78 is 2.08. The smallest absolute Gasteiger partial charge is 0.244 e. The first-order chi connectivity index (χ1) is 11.2. The van der Waals surface area contributed by atoms with E-state index in [4.69, 9.17) is 0 Å². The number of ketones is 1. The molecule has 0 saturated carbocycles. The first-order valence-corrected chi connectivity index (χ1v) is 7.68.